The molecule has 1 aliphatic carbocycles. The highest BCUT2D eigenvalue weighted by Gasteiger charge is 2.35. The third kappa shape index (κ3) is 21.9. The number of nitrogens with zero attached hydrogens (tertiary/aromatic N) is 2. The van der Waals surface area contributed by atoms with Gasteiger partial charge in [0, 0.05) is 47.8 Å². The van der Waals surface area contributed by atoms with E-state index >= 15 is 0 Å². The number of anilines is 1. The molecule has 1 aliphatic rings. The van der Waals surface area contributed by atoms with E-state index in [9.17, 15) is 24.3 Å². The van der Waals surface area contributed by atoms with Crippen LogP contribution < -0.4 is 14.9 Å². The summed E-state index contributed by atoms with van der Waals surface area (Å²) in [6.45, 7) is 25.1. The van der Waals surface area contributed by atoms with Crippen molar-refractivity contribution in [1.82, 2.24) is 4.98 Å². The van der Waals surface area contributed by atoms with E-state index in [1.807, 2.05) is 68.4 Å². The highest BCUT2D eigenvalue weighted by molar-refractivity contribution is 7.22. The van der Waals surface area contributed by atoms with Gasteiger partial charge in [-0.25, -0.2) is 19.4 Å². The van der Waals surface area contributed by atoms with Gasteiger partial charge in [-0.1, -0.05) is 123 Å². The first kappa shape index (κ1) is 60.1. The smallest absolute Gasteiger partial charge is 0.331 e. The average Bonchev–Trinajstić information content (AvgIpc) is 3.74. The van der Waals surface area contributed by atoms with E-state index in [0.29, 0.717) is 46.4 Å². The normalized spacial score (nSPS) is 13.0. The maximum absolute atomic E-state index is 12.0. The first-order valence-corrected chi connectivity index (χ1v) is 25.3. The van der Waals surface area contributed by atoms with Crippen molar-refractivity contribution in [3.8, 4) is 11.5 Å². The van der Waals surface area contributed by atoms with Crippen molar-refractivity contribution in [1.29, 1.82) is 0 Å². The largest absolute Gasteiger partial charge is 0.497 e. The second-order valence-electron chi connectivity index (χ2n) is 19.9. The van der Waals surface area contributed by atoms with Gasteiger partial charge in [-0.2, -0.15) is 5.10 Å². The quantitative estimate of drug-likeness (QED) is 0.00922. The van der Waals surface area contributed by atoms with E-state index in [0.717, 1.165) is 45.3 Å². The van der Waals surface area contributed by atoms with E-state index in [-0.39, 0.29) is 0 Å². The second kappa shape index (κ2) is 28.3. The molecule has 5 aromatic rings. The van der Waals surface area contributed by atoms with Crippen molar-refractivity contribution < 1.29 is 52.7 Å². The Morgan fingerprint density at radius 3 is 1.81 bits per heavy atom. The number of hydrogen-bond acceptors (Lipinski definition) is 15. The zero-order valence-electron chi connectivity index (χ0n) is 44.6. The van der Waals surface area contributed by atoms with Gasteiger partial charge in [-0.3, -0.25) is 10.2 Å². The number of ether oxygens (including phenoxy) is 6. The van der Waals surface area contributed by atoms with E-state index in [1.165, 1.54) is 43.1 Å². The summed E-state index contributed by atoms with van der Waals surface area (Å²) in [5, 5.41) is 15.6. The van der Waals surface area contributed by atoms with E-state index in [2.05, 4.69) is 35.2 Å². The monoisotopic (exact) mass is 1040 g/mol. The van der Waals surface area contributed by atoms with Crippen molar-refractivity contribution in [2.75, 3.05) is 12.5 Å². The number of carbonyl (C=O) groups is 4. The topological polar surface area (TPSA) is 181 Å². The molecule has 1 saturated carbocycles. The maximum Gasteiger partial charge on any atom is 0.331 e. The van der Waals surface area contributed by atoms with E-state index < -0.39 is 46.6 Å². The Kier molecular flexibility index (Phi) is 22.7. The summed E-state index contributed by atoms with van der Waals surface area (Å²) in [6, 6.07) is 27.6. The number of aliphatic hydroxyl groups is 1. The summed E-state index contributed by atoms with van der Waals surface area (Å²) in [5.74, 6) is 0.116. The molecule has 2 N–H and O–H groups in total. The zero-order chi connectivity index (χ0) is 55.2. The fourth-order valence-electron chi connectivity index (χ4n) is 7.69. The molecule has 0 radical (unpaired) electrons. The number of hydrazone groups is 1. The van der Waals surface area contributed by atoms with Gasteiger partial charge in [0.2, 0.25) is 5.13 Å². The standard InChI is InChI=1S/C36H39N3O6S.C20H24O5.C4H8/c1-8-32(40)44-35(3,4)23-36(5,6)45-33(41)20-15-25-13-16-26(17-14-25)24(2)43-30-19-18-28(42-7)21-27(30)22-37-39-34-38-29-11-9-10-12-31(29)46-34;1-6-17(22)24-19(2,3)14-20(4,5)25-18(23)12-11-15-7-9-16(13-21)10-8-15;1-2-4-3-1/h8-22,33,41H,1-2,23H2,3-7H3,(H,38,39);6-13H,1,14H2,2-5H3;1-4H2/b20-15+,37-22+;12-11+;. The number of nitrogens with one attached hydrogen (secondary N) is 1. The first-order chi connectivity index (χ1) is 35.4. The van der Waals surface area contributed by atoms with Crippen LogP contribution in [-0.2, 0) is 33.3 Å². The van der Waals surface area contributed by atoms with Crippen LogP contribution in [0.5, 0.6) is 11.5 Å². The van der Waals surface area contributed by atoms with Gasteiger partial charge in [0.15, 0.2) is 6.29 Å². The van der Waals surface area contributed by atoms with Crippen molar-refractivity contribution in [3.05, 3.63) is 163 Å². The van der Waals surface area contributed by atoms with Gasteiger partial charge in [0.05, 0.1) is 29.1 Å². The number of fused-ring (bicyclic) bond motifs is 1. The predicted octanol–water partition coefficient (Wildman–Crippen LogP) is 13.1. The molecule has 0 bridgehead atoms. The van der Waals surface area contributed by atoms with E-state index in [4.69, 9.17) is 28.4 Å². The van der Waals surface area contributed by atoms with Crippen LogP contribution in [-0.4, -0.2) is 76.3 Å². The third-order valence-corrected chi connectivity index (χ3v) is 11.8. The molecule has 1 heterocycles. The number of methoxy groups -OCH3 is 1. The molecule has 1 aromatic heterocycles. The van der Waals surface area contributed by atoms with Crippen LogP contribution in [0.2, 0.25) is 0 Å². The Labute approximate surface area is 445 Å². The summed E-state index contributed by atoms with van der Waals surface area (Å²) in [5.41, 5.74) is 4.35. The summed E-state index contributed by atoms with van der Waals surface area (Å²) in [6.07, 6.45) is 16.4. The van der Waals surface area contributed by atoms with Crippen LogP contribution in [0.4, 0.5) is 5.13 Å². The number of aldehydes is 1. The number of thiazole rings is 1. The van der Waals surface area contributed by atoms with Gasteiger partial charge in [0.25, 0.3) is 0 Å². The van der Waals surface area contributed by atoms with Crippen LogP contribution in [0.3, 0.4) is 0 Å². The molecule has 14 nitrogen and oxygen atoms in total. The highest BCUT2D eigenvalue weighted by atomic mass is 32.1. The molecule has 1 fully saturated rings. The fraction of sp³-hybridized carbons (Fsp3) is 0.333. The fourth-order valence-corrected chi connectivity index (χ4v) is 8.51. The van der Waals surface area contributed by atoms with Gasteiger partial charge < -0.3 is 33.5 Å². The van der Waals surface area contributed by atoms with Gasteiger partial charge >= 0.3 is 17.9 Å². The lowest BCUT2D eigenvalue weighted by molar-refractivity contribution is -0.178. The van der Waals surface area contributed by atoms with Gasteiger partial charge in [-0.15, -0.1) is 0 Å². The Balaban J connectivity index is 0.000000350. The molecule has 398 valence electrons. The summed E-state index contributed by atoms with van der Waals surface area (Å²) in [7, 11) is 1.60. The van der Waals surface area contributed by atoms with Crippen molar-refractivity contribution in [2.45, 2.75) is 123 Å². The van der Waals surface area contributed by atoms with Crippen molar-refractivity contribution in [3.63, 3.8) is 0 Å². The minimum atomic E-state index is -1.17. The molecule has 0 spiro atoms. The number of para-hydroxylation sites is 1. The molecular weight excluding hydrogens is 971 g/mol. The molecular formula is C60H71N3O11S. The first-order valence-electron chi connectivity index (χ1n) is 24.4. The minimum absolute atomic E-state index is 0.327. The molecule has 0 aliphatic heterocycles. The lowest BCUT2D eigenvalue weighted by atomic mass is 9.92. The lowest BCUT2D eigenvalue weighted by Gasteiger charge is -2.35. The number of hydrogen-bond donors (Lipinski definition) is 2. The molecule has 0 amide bonds. The number of aliphatic hydroxyl groups excluding tert-OH is 1. The molecule has 0 saturated heterocycles. The summed E-state index contributed by atoms with van der Waals surface area (Å²) in [4.78, 5) is 50.2. The number of carbonyl (C=O) groups excluding carboxylic acids is 4. The van der Waals surface area contributed by atoms with Crippen LogP contribution in [0.1, 0.15) is 127 Å². The maximum atomic E-state index is 12.0. The SMILES string of the molecule is C1CCC1.C=CC(=O)OC(C)(C)CC(C)(C)OC(=O)/C=C/c1ccc(C=O)cc1.C=CC(=O)OC(C)(C)CC(C)(C)OC(O)/C=C/c1ccc(C(=C)Oc2ccc(OC)cc2/C=N/Nc2nc3ccccc3s2)cc1. The van der Waals surface area contributed by atoms with Crippen LogP contribution >= 0.6 is 11.3 Å². The predicted molar refractivity (Wildman–Crippen MR) is 300 cm³/mol. The van der Waals surface area contributed by atoms with Gasteiger partial charge in [0.1, 0.15) is 40.3 Å². The Bertz CT molecular complexity index is 2780. The Morgan fingerprint density at radius 1 is 0.733 bits per heavy atom. The summed E-state index contributed by atoms with van der Waals surface area (Å²) >= 11 is 1.52. The number of esters is 3. The van der Waals surface area contributed by atoms with Crippen molar-refractivity contribution in [2.24, 2.45) is 5.10 Å². The van der Waals surface area contributed by atoms with E-state index in [1.54, 1.807) is 109 Å². The molecule has 15 heteroatoms. The number of rotatable bonds is 23. The molecule has 75 heavy (non-hydrogen) atoms. The van der Waals surface area contributed by atoms with Crippen LogP contribution in [0, 0.1) is 0 Å². The molecule has 1 atom stereocenters. The molecule has 6 rings (SSSR count). The average molecular weight is 1040 g/mol. The summed E-state index contributed by atoms with van der Waals surface area (Å²) < 4.78 is 34.6. The zero-order valence-corrected chi connectivity index (χ0v) is 45.4. The van der Waals surface area contributed by atoms with Crippen molar-refractivity contribution >= 4 is 75.0 Å². The Morgan fingerprint density at radius 2 is 1.27 bits per heavy atom. The van der Waals surface area contributed by atoms with Crippen LogP contribution in [0.25, 0.3) is 28.1 Å². The van der Waals surface area contributed by atoms with Gasteiger partial charge in [-0.05, 0) is 109 Å². The minimum Gasteiger partial charge on any atom is -0.497 e. The number of aromatic nitrogens is 1. The highest BCUT2D eigenvalue weighted by Crippen LogP contribution is 2.31. The third-order valence-electron chi connectivity index (χ3n) is 10.9. The van der Waals surface area contributed by atoms with Crippen LogP contribution in [0.15, 0.2) is 140 Å². The second-order valence-corrected chi connectivity index (χ2v) is 20.9. The molecule has 1 unspecified atom stereocenters. The molecule has 4 aromatic carbocycles. The number of benzene rings is 4. The Hall–Kier alpha value is -7.46. The lowest BCUT2D eigenvalue weighted by Crippen LogP contribution is -2.40.